The number of oxazole rings is 1. The molecule has 0 saturated heterocycles. The van der Waals surface area contributed by atoms with E-state index in [9.17, 15) is 4.79 Å². The van der Waals surface area contributed by atoms with E-state index in [-0.39, 0.29) is 11.6 Å². The van der Waals surface area contributed by atoms with E-state index in [4.69, 9.17) is 14.9 Å². The summed E-state index contributed by atoms with van der Waals surface area (Å²) in [7, 11) is 0. The van der Waals surface area contributed by atoms with E-state index < -0.39 is 5.97 Å². The van der Waals surface area contributed by atoms with Crippen molar-refractivity contribution in [3.8, 4) is 0 Å². The molecular weight excluding hydrogens is 196 g/mol. The molecule has 82 valence electrons. The Balaban J connectivity index is 2.17. The van der Waals surface area contributed by atoms with Crippen LogP contribution in [0.25, 0.3) is 0 Å². The zero-order valence-corrected chi connectivity index (χ0v) is 8.66. The van der Waals surface area contributed by atoms with Crippen molar-refractivity contribution in [2.24, 2.45) is 0 Å². The highest BCUT2D eigenvalue weighted by molar-refractivity contribution is 5.91. The zero-order valence-electron chi connectivity index (χ0n) is 8.66. The third-order valence-electron chi connectivity index (χ3n) is 2.59. The highest BCUT2D eigenvalue weighted by atomic mass is 16.5. The average molecular weight is 210 g/mol. The van der Waals surface area contributed by atoms with Crippen molar-refractivity contribution in [1.29, 1.82) is 0 Å². The number of nitrogens with two attached hydrogens (primary N) is 1. The van der Waals surface area contributed by atoms with Gasteiger partial charge in [0.1, 0.15) is 0 Å². The second kappa shape index (κ2) is 3.92. The molecular formula is C10H14N2O3. The van der Waals surface area contributed by atoms with Crippen LogP contribution in [0, 0.1) is 0 Å². The van der Waals surface area contributed by atoms with Gasteiger partial charge in [0.2, 0.25) is 17.5 Å². The van der Waals surface area contributed by atoms with Crippen molar-refractivity contribution in [3.63, 3.8) is 0 Å². The number of rotatable bonds is 3. The van der Waals surface area contributed by atoms with Crippen LogP contribution in [0.1, 0.15) is 48.5 Å². The summed E-state index contributed by atoms with van der Waals surface area (Å²) in [5, 5.41) is 0. The molecule has 1 aliphatic carbocycles. The van der Waals surface area contributed by atoms with Crippen molar-refractivity contribution in [3.05, 3.63) is 11.6 Å². The van der Waals surface area contributed by atoms with E-state index in [1.54, 1.807) is 6.92 Å². The molecule has 0 atom stereocenters. The highest BCUT2D eigenvalue weighted by Crippen LogP contribution is 2.37. The van der Waals surface area contributed by atoms with Gasteiger partial charge in [-0.25, -0.2) is 9.78 Å². The van der Waals surface area contributed by atoms with Crippen LogP contribution in [0.3, 0.4) is 0 Å². The van der Waals surface area contributed by atoms with Crippen molar-refractivity contribution >= 4 is 11.9 Å². The molecule has 15 heavy (non-hydrogen) atoms. The van der Waals surface area contributed by atoms with Crippen LogP contribution < -0.4 is 5.73 Å². The summed E-state index contributed by atoms with van der Waals surface area (Å²) in [6, 6.07) is 0. The minimum absolute atomic E-state index is 0.0651. The normalized spacial score (nSPS) is 16.1. The molecule has 0 unspecified atom stereocenters. The number of hydrogen-bond acceptors (Lipinski definition) is 5. The summed E-state index contributed by atoms with van der Waals surface area (Å²) in [6.45, 7) is 2.05. The molecule has 0 radical (unpaired) electrons. The molecule has 5 heteroatoms. The molecule has 0 bridgehead atoms. The molecule has 0 aromatic carbocycles. The summed E-state index contributed by atoms with van der Waals surface area (Å²) < 4.78 is 10.1. The van der Waals surface area contributed by atoms with Crippen molar-refractivity contribution < 1.29 is 13.9 Å². The van der Waals surface area contributed by atoms with Crippen LogP contribution in [0.15, 0.2) is 4.42 Å². The standard InChI is InChI=1S/C10H14N2O3/c1-2-14-10(13)7-8(11)15-9(12-7)6-4-3-5-6/h6H,2-5,11H2,1H3. The Bertz CT molecular complexity index is 369. The fourth-order valence-electron chi connectivity index (χ4n) is 1.52. The predicted molar refractivity (Wildman–Crippen MR) is 53.5 cm³/mol. The first-order valence-electron chi connectivity index (χ1n) is 5.15. The molecule has 1 aliphatic rings. The Morgan fingerprint density at radius 3 is 2.93 bits per heavy atom. The van der Waals surface area contributed by atoms with Gasteiger partial charge in [0.15, 0.2) is 0 Å². The minimum atomic E-state index is -0.510. The molecule has 1 aromatic rings. The first-order valence-corrected chi connectivity index (χ1v) is 5.15. The zero-order chi connectivity index (χ0) is 10.8. The molecule has 0 aliphatic heterocycles. The number of anilines is 1. The third-order valence-corrected chi connectivity index (χ3v) is 2.59. The summed E-state index contributed by atoms with van der Waals surface area (Å²) in [6.07, 6.45) is 3.30. The van der Waals surface area contributed by atoms with Gasteiger partial charge in [-0.1, -0.05) is 6.42 Å². The Morgan fingerprint density at radius 1 is 1.67 bits per heavy atom. The van der Waals surface area contributed by atoms with E-state index in [0.717, 1.165) is 12.8 Å². The quantitative estimate of drug-likeness (QED) is 0.768. The SMILES string of the molecule is CCOC(=O)c1nc(C2CCC2)oc1N. The van der Waals surface area contributed by atoms with Crippen LogP contribution in [-0.2, 0) is 4.74 Å². The van der Waals surface area contributed by atoms with Crippen molar-refractivity contribution in [2.75, 3.05) is 12.3 Å². The summed E-state index contributed by atoms with van der Waals surface area (Å²) in [5.41, 5.74) is 5.67. The molecule has 1 saturated carbocycles. The van der Waals surface area contributed by atoms with Crippen molar-refractivity contribution in [2.45, 2.75) is 32.1 Å². The largest absolute Gasteiger partial charge is 0.461 e. The molecule has 0 spiro atoms. The van der Waals surface area contributed by atoms with Gasteiger partial charge in [0.05, 0.1) is 6.61 Å². The van der Waals surface area contributed by atoms with Crippen LogP contribution >= 0.6 is 0 Å². The number of aromatic nitrogens is 1. The van der Waals surface area contributed by atoms with Gasteiger partial charge >= 0.3 is 5.97 Å². The highest BCUT2D eigenvalue weighted by Gasteiger charge is 2.28. The Labute approximate surface area is 87.6 Å². The molecule has 5 nitrogen and oxygen atoms in total. The van der Waals surface area contributed by atoms with E-state index in [2.05, 4.69) is 4.98 Å². The Morgan fingerprint density at radius 2 is 2.40 bits per heavy atom. The topological polar surface area (TPSA) is 78.3 Å². The minimum Gasteiger partial charge on any atom is -0.461 e. The predicted octanol–water partition coefficient (Wildman–Crippen LogP) is 1.70. The average Bonchev–Trinajstić information content (AvgIpc) is 2.44. The number of nitrogens with zero attached hydrogens (tertiary/aromatic N) is 1. The summed E-state index contributed by atoms with van der Waals surface area (Å²) in [5.74, 6) is 0.456. The lowest BCUT2D eigenvalue weighted by Gasteiger charge is -2.21. The monoisotopic (exact) mass is 210 g/mol. The van der Waals surface area contributed by atoms with Gasteiger partial charge < -0.3 is 14.9 Å². The van der Waals surface area contributed by atoms with Gasteiger partial charge in [-0.05, 0) is 19.8 Å². The number of ether oxygens (including phenoxy) is 1. The maximum Gasteiger partial charge on any atom is 0.362 e. The number of esters is 1. The summed E-state index contributed by atoms with van der Waals surface area (Å²) in [4.78, 5) is 15.5. The van der Waals surface area contributed by atoms with Crippen LogP contribution in [0.4, 0.5) is 5.88 Å². The fraction of sp³-hybridized carbons (Fsp3) is 0.600. The van der Waals surface area contributed by atoms with Gasteiger partial charge in [-0.2, -0.15) is 0 Å². The maximum atomic E-state index is 11.4. The molecule has 1 heterocycles. The van der Waals surface area contributed by atoms with Gasteiger partial charge in [0.25, 0.3) is 0 Å². The van der Waals surface area contributed by atoms with E-state index in [0.29, 0.717) is 18.4 Å². The van der Waals surface area contributed by atoms with E-state index >= 15 is 0 Å². The van der Waals surface area contributed by atoms with Gasteiger partial charge in [0, 0.05) is 5.92 Å². The molecule has 0 amide bonds. The first kappa shape index (κ1) is 10.0. The Hall–Kier alpha value is -1.52. The third kappa shape index (κ3) is 1.82. The molecule has 2 rings (SSSR count). The lowest BCUT2D eigenvalue weighted by Crippen LogP contribution is -2.10. The van der Waals surface area contributed by atoms with Gasteiger partial charge in [-0.3, -0.25) is 0 Å². The second-order valence-electron chi connectivity index (χ2n) is 3.61. The number of carbonyl (C=O) groups is 1. The van der Waals surface area contributed by atoms with E-state index in [1.807, 2.05) is 0 Å². The first-order chi connectivity index (χ1) is 7.22. The van der Waals surface area contributed by atoms with E-state index in [1.165, 1.54) is 6.42 Å². The molecule has 1 fully saturated rings. The number of hydrogen-bond donors (Lipinski definition) is 1. The lowest BCUT2D eigenvalue weighted by molar-refractivity contribution is 0.0521. The summed E-state index contributed by atoms with van der Waals surface area (Å²) >= 11 is 0. The van der Waals surface area contributed by atoms with Crippen LogP contribution in [-0.4, -0.2) is 17.6 Å². The lowest BCUT2D eigenvalue weighted by atomic mass is 9.85. The smallest absolute Gasteiger partial charge is 0.362 e. The van der Waals surface area contributed by atoms with Gasteiger partial charge in [-0.15, -0.1) is 0 Å². The van der Waals surface area contributed by atoms with Crippen LogP contribution in [0.2, 0.25) is 0 Å². The van der Waals surface area contributed by atoms with Crippen LogP contribution in [0.5, 0.6) is 0 Å². The fourth-order valence-corrected chi connectivity index (χ4v) is 1.52. The molecule has 2 N–H and O–H groups in total. The second-order valence-corrected chi connectivity index (χ2v) is 3.61. The molecule has 1 aromatic heterocycles. The maximum absolute atomic E-state index is 11.4. The number of nitrogen functional groups attached to an aromatic ring is 1. The Kier molecular flexibility index (Phi) is 2.62. The van der Waals surface area contributed by atoms with Crippen molar-refractivity contribution in [1.82, 2.24) is 4.98 Å². The number of carbonyl (C=O) groups excluding carboxylic acids is 1.